The molecule has 0 aliphatic heterocycles. The summed E-state index contributed by atoms with van der Waals surface area (Å²) in [6, 6.07) is 11.5. The Hall–Kier alpha value is -4.02. The summed E-state index contributed by atoms with van der Waals surface area (Å²) in [6.45, 7) is 3.49. The molecule has 0 aliphatic rings. The van der Waals surface area contributed by atoms with Gasteiger partial charge in [-0.15, -0.1) is 20.4 Å². The molecule has 0 fully saturated rings. The predicted octanol–water partition coefficient (Wildman–Crippen LogP) is 4.12. The second kappa shape index (κ2) is 13.4. The van der Waals surface area contributed by atoms with Crippen LogP contribution in [0, 0.1) is 17.0 Å². The van der Waals surface area contributed by atoms with Crippen LogP contribution in [0.15, 0.2) is 52.0 Å². The Morgan fingerprint density at radius 1 is 1.10 bits per heavy atom. The van der Waals surface area contributed by atoms with Gasteiger partial charge in [0.05, 0.1) is 30.0 Å². The summed E-state index contributed by atoms with van der Waals surface area (Å²) in [5, 5.41) is 34.1. The maximum absolute atomic E-state index is 12.9. The molecule has 2 aromatic heterocycles. The van der Waals surface area contributed by atoms with Crippen molar-refractivity contribution < 1.29 is 19.2 Å². The van der Waals surface area contributed by atoms with Crippen molar-refractivity contribution in [1.82, 2.24) is 30.3 Å². The van der Waals surface area contributed by atoms with Gasteiger partial charge in [0.15, 0.2) is 15.3 Å². The van der Waals surface area contributed by atoms with Crippen LogP contribution in [-0.2, 0) is 11.3 Å². The van der Waals surface area contributed by atoms with Crippen molar-refractivity contribution in [2.75, 3.05) is 23.9 Å². The zero-order chi connectivity index (χ0) is 28.6. The van der Waals surface area contributed by atoms with Gasteiger partial charge in [0.1, 0.15) is 5.75 Å². The van der Waals surface area contributed by atoms with E-state index in [4.69, 9.17) is 4.74 Å². The number of hydrogen-bond acceptors (Lipinski definition) is 12. The zero-order valence-corrected chi connectivity index (χ0v) is 24.1. The second-order valence-corrected chi connectivity index (χ2v) is 11.4. The lowest BCUT2D eigenvalue weighted by molar-refractivity contribution is -0.385. The molecule has 13 nitrogen and oxygen atoms in total. The fraction of sp³-hybridized carbons (Fsp3) is 0.250. The van der Waals surface area contributed by atoms with E-state index in [0.717, 1.165) is 21.9 Å². The summed E-state index contributed by atoms with van der Waals surface area (Å²) in [6.07, 6.45) is 0. The molecule has 0 atom stereocenters. The van der Waals surface area contributed by atoms with E-state index < -0.39 is 10.8 Å². The van der Waals surface area contributed by atoms with Crippen LogP contribution in [0.1, 0.15) is 28.7 Å². The summed E-state index contributed by atoms with van der Waals surface area (Å²) in [5.74, 6) is 0.981. The molecule has 2 aromatic carbocycles. The molecule has 0 saturated heterocycles. The van der Waals surface area contributed by atoms with Gasteiger partial charge in [-0.2, -0.15) is 0 Å². The van der Waals surface area contributed by atoms with Crippen LogP contribution in [-0.4, -0.2) is 60.3 Å². The standard InChI is InChI=1S/C24H24N8O5S3/c1-4-38-24-30-28-22(40-24)26-20(33)13-39-23-29-27-19(31(23)17-9-5-6-11-18(17)37-3)12-25-21(34)15-8-7-10-16(14(15)2)32(35)36/h5-11H,4,12-13H2,1-3H3,(H,25,34)(H,26,28,33). The molecule has 0 saturated carbocycles. The minimum atomic E-state index is -0.530. The molecule has 2 N–H and O–H groups in total. The molecular formula is C24H24N8O5S3. The Kier molecular flexibility index (Phi) is 9.68. The van der Waals surface area contributed by atoms with Crippen molar-refractivity contribution in [2.45, 2.75) is 29.9 Å². The minimum absolute atomic E-state index is 0.0162. The van der Waals surface area contributed by atoms with E-state index in [2.05, 4.69) is 31.0 Å². The van der Waals surface area contributed by atoms with Crippen molar-refractivity contribution in [1.29, 1.82) is 0 Å². The predicted molar refractivity (Wildman–Crippen MR) is 153 cm³/mol. The van der Waals surface area contributed by atoms with Crippen molar-refractivity contribution >= 4 is 57.5 Å². The number of thioether (sulfide) groups is 2. The maximum atomic E-state index is 12.9. The van der Waals surface area contributed by atoms with E-state index in [1.807, 2.05) is 19.1 Å². The van der Waals surface area contributed by atoms with Gasteiger partial charge in [0, 0.05) is 17.2 Å². The lowest BCUT2D eigenvalue weighted by Gasteiger charge is -2.14. The summed E-state index contributed by atoms with van der Waals surface area (Å²) < 4.78 is 7.98. The van der Waals surface area contributed by atoms with Gasteiger partial charge >= 0.3 is 0 Å². The molecular weight excluding hydrogens is 577 g/mol. The number of nitrogens with one attached hydrogen (secondary N) is 2. The topological polar surface area (TPSA) is 167 Å². The average Bonchev–Trinajstić information content (AvgIpc) is 3.56. The van der Waals surface area contributed by atoms with Gasteiger partial charge in [0.25, 0.3) is 11.6 Å². The SMILES string of the molecule is CCSc1nnc(NC(=O)CSc2nnc(CNC(=O)c3cccc([N+](=O)[O-])c3C)n2-c2ccccc2OC)s1. The van der Waals surface area contributed by atoms with Crippen LogP contribution in [0.4, 0.5) is 10.8 Å². The summed E-state index contributed by atoms with van der Waals surface area (Å²) >= 11 is 3.99. The number of carbonyl (C=O) groups is 2. The first-order valence-electron chi connectivity index (χ1n) is 11.8. The fourth-order valence-electron chi connectivity index (χ4n) is 3.61. The number of amides is 2. The van der Waals surface area contributed by atoms with Crippen LogP contribution in [0.3, 0.4) is 0 Å². The van der Waals surface area contributed by atoms with Crippen LogP contribution in [0.2, 0.25) is 0 Å². The lowest BCUT2D eigenvalue weighted by atomic mass is 10.1. The number of aromatic nitrogens is 5. The normalized spacial score (nSPS) is 10.8. The Balaban J connectivity index is 1.54. The van der Waals surface area contributed by atoms with Gasteiger partial charge in [-0.25, -0.2) is 0 Å². The number of ether oxygens (including phenoxy) is 1. The smallest absolute Gasteiger partial charge is 0.273 e. The molecule has 16 heteroatoms. The van der Waals surface area contributed by atoms with Crippen LogP contribution < -0.4 is 15.4 Å². The van der Waals surface area contributed by atoms with Gasteiger partial charge in [-0.1, -0.05) is 60.0 Å². The first kappa shape index (κ1) is 29.0. The molecule has 4 rings (SSSR count). The van der Waals surface area contributed by atoms with E-state index >= 15 is 0 Å². The zero-order valence-electron chi connectivity index (χ0n) is 21.6. The van der Waals surface area contributed by atoms with Gasteiger partial charge in [-0.05, 0) is 30.9 Å². The van der Waals surface area contributed by atoms with E-state index in [1.165, 1.54) is 43.6 Å². The molecule has 0 bridgehead atoms. The molecule has 4 aromatic rings. The van der Waals surface area contributed by atoms with Gasteiger partial charge in [-0.3, -0.25) is 29.6 Å². The summed E-state index contributed by atoms with van der Waals surface area (Å²) in [5.41, 5.74) is 0.907. The van der Waals surface area contributed by atoms with Crippen molar-refractivity contribution in [2.24, 2.45) is 0 Å². The number of rotatable bonds is 12. The van der Waals surface area contributed by atoms with Crippen molar-refractivity contribution in [3.63, 3.8) is 0 Å². The Bertz CT molecular complexity index is 1540. The lowest BCUT2D eigenvalue weighted by Crippen LogP contribution is -2.25. The maximum Gasteiger partial charge on any atom is 0.273 e. The molecule has 2 amide bonds. The monoisotopic (exact) mass is 600 g/mol. The largest absolute Gasteiger partial charge is 0.495 e. The quantitative estimate of drug-likeness (QED) is 0.104. The van der Waals surface area contributed by atoms with E-state index in [9.17, 15) is 19.7 Å². The fourth-order valence-corrected chi connectivity index (χ4v) is 6.04. The molecule has 40 heavy (non-hydrogen) atoms. The molecule has 208 valence electrons. The van der Waals surface area contributed by atoms with Crippen LogP contribution in [0.25, 0.3) is 5.69 Å². The van der Waals surface area contributed by atoms with Gasteiger partial charge < -0.3 is 10.1 Å². The third-order valence-electron chi connectivity index (χ3n) is 5.43. The number of nitrogens with zero attached hydrogens (tertiary/aromatic N) is 6. The average molecular weight is 601 g/mol. The van der Waals surface area contributed by atoms with E-state index in [1.54, 1.807) is 28.5 Å². The molecule has 0 radical (unpaired) electrons. The summed E-state index contributed by atoms with van der Waals surface area (Å²) in [4.78, 5) is 36.3. The van der Waals surface area contributed by atoms with Gasteiger partial charge in [0.2, 0.25) is 11.0 Å². The van der Waals surface area contributed by atoms with Crippen LogP contribution in [0.5, 0.6) is 5.75 Å². The number of anilines is 1. The Morgan fingerprint density at radius 2 is 1.90 bits per heavy atom. The highest BCUT2D eigenvalue weighted by Gasteiger charge is 2.22. The number of nitro benzene ring substituents is 1. The van der Waals surface area contributed by atoms with Crippen molar-refractivity contribution in [3.05, 3.63) is 69.5 Å². The number of para-hydroxylation sites is 2. The molecule has 0 spiro atoms. The molecule has 2 heterocycles. The Morgan fingerprint density at radius 3 is 2.65 bits per heavy atom. The second-order valence-electron chi connectivity index (χ2n) is 7.94. The van der Waals surface area contributed by atoms with Crippen molar-refractivity contribution in [3.8, 4) is 11.4 Å². The highest BCUT2D eigenvalue weighted by molar-refractivity contribution is 8.01. The third-order valence-corrected chi connectivity index (χ3v) is 8.22. The number of nitro groups is 1. The van der Waals surface area contributed by atoms with E-state index in [-0.39, 0.29) is 35.0 Å². The first-order valence-corrected chi connectivity index (χ1v) is 14.6. The number of benzene rings is 2. The highest BCUT2D eigenvalue weighted by atomic mass is 32.2. The summed E-state index contributed by atoms with van der Waals surface area (Å²) in [7, 11) is 1.53. The minimum Gasteiger partial charge on any atom is -0.495 e. The number of methoxy groups -OCH3 is 1. The highest BCUT2D eigenvalue weighted by Crippen LogP contribution is 2.30. The first-order chi connectivity index (χ1) is 19.3. The van der Waals surface area contributed by atoms with E-state index in [0.29, 0.717) is 27.5 Å². The molecule has 0 aliphatic carbocycles. The third kappa shape index (κ3) is 6.75. The Labute approximate surface area is 241 Å². The molecule has 0 unspecified atom stereocenters. The number of hydrogen-bond donors (Lipinski definition) is 2. The number of carbonyl (C=O) groups excluding carboxylic acids is 2. The van der Waals surface area contributed by atoms with Crippen LogP contribution >= 0.6 is 34.9 Å².